The number of amides is 2. The summed E-state index contributed by atoms with van der Waals surface area (Å²) in [5, 5.41) is 4.44. The van der Waals surface area contributed by atoms with Crippen LogP contribution in [0.25, 0.3) is 22.2 Å². The van der Waals surface area contributed by atoms with Gasteiger partial charge in [0.15, 0.2) is 5.82 Å². The summed E-state index contributed by atoms with van der Waals surface area (Å²) in [7, 11) is 3.34. The molecule has 1 fully saturated rings. The van der Waals surface area contributed by atoms with E-state index in [0.29, 0.717) is 46.2 Å². The molecule has 9 heteroatoms. The van der Waals surface area contributed by atoms with Crippen LogP contribution in [-0.2, 0) is 6.54 Å². The molecule has 0 bridgehead atoms. The topological polar surface area (TPSA) is 110 Å². The Hall–Kier alpha value is -4.01. The lowest BCUT2D eigenvalue weighted by Crippen LogP contribution is -2.25. The number of halogens is 1. The van der Waals surface area contributed by atoms with Gasteiger partial charge in [-0.3, -0.25) is 14.3 Å². The number of fused-ring (bicyclic) bond motifs is 1. The standard InChI is InChI=1S/C30H35FN6O2/c1-5-37-27(28(32)38)22(16-33-37)24(18-12-10-17(2)11-13-18)29-34-23-15-14-20(25(31)26(23)35-29)19-8-6-7-9-21(19)30(39)36(3)4/h6-9,14-18,24H,5,10-13H2,1-4H3,(H2,32,38)(H,34,35)/t17?,18?,24-/m0/s1. The third-order valence-corrected chi connectivity index (χ3v) is 8.03. The first-order valence-corrected chi connectivity index (χ1v) is 13.6. The molecule has 2 heterocycles. The molecule has 1 aliphatic rings. The number of imidazole rings is 1. The minimum Gasteiger partial charge on any atom is -0.364 e. The number of nitrogens with zero attached hydrogens (tertiary/aromatic N) is 4. The number of nitrogens with two attached hydrogens (primary N) is 1. The van der Waals surface area contributed by atoms with Crippen LogP contribution in [0.15, 0.2) is 42.6 Å². The lowest BCUT2D eigenvalue weighted by atomic mass is 9.73. The Labute approximate surface area is 227 Å². The van der Waals surface area contributed by atoms with Crippen molar-refractivity contribution in [1.82, 2.24) is 24.6 Å². The summed E-state index contributed by atoms with van der Waals surface area (Å²) < 4.78 is 17.8. The van der Waals surface area contributed by atoms with Crippen LogP contribution in [0.1, 0.15) is 77.7 Å². The quantitative estimate of drug-likeness (QED) is 0.336. The van der Waals surface area contributed by atoms with E-state index in [2.05, 4.69) is 17.0 Å². The van der Waals surface area contributed by atoms with Gasteiger partial charge in [-0.1, -0.05) is 38.0 Å². The Kier molecular flexibility index (Phi) is 7.25. The highest BCUT2D eigenvalue weighted by atomic mass is 19.1. The Balaban J connectivity index is 1.65. The van der Waals surface area contributed by atoms with E-state index in [1.165, 1.54) is 4.90 Å². The van der Waals surface area contributed by atoms with Crippen LogP contribution in [0.5, 0.6) is 0 Å². The van der Waals surface area contributed by atoms with Gasteiger partial charge in [0.1, 0.15) is 17.0 Å². The second-order valence-electron chi connectivity index (χ2n) is 10.8. The van der Waals surface area contributed by atoms with E-state index in [9.17, 15) is 9.59 Å². The summed E-state index contributed by atoms with van der Waals surface area (Å²) in [5.41, 5.74) is 8.93. The maximum Gasteiger partial charge on any atom is 0.267 e. The smallest absolute Gasteiger partial charge is 0.267 e. The number of carbonyl (C=O) groups excluding carboxylic acids is 2. The molecular formula is C30H35FN6O2. The maximum absolute atomic E-state index is 16.1. The van der Waals surface area contributed by atoms with Gasteiger partial charge in [0.05, 0.1) is 11.7 Å². The molecule has 2 aromatic carbocycles. The van der Waals surface area contributed by atoms with Crippen LogP contribution < -0.4 is 5.73 Å². The summed E-state index contributed by atoms with van der Waals surface area (Å²) in [4.78, 5) is 35.0. The third kappa shape index (κ3) is 4.82. The lowest BCUT2D eigenvalue weighted by molar-refractivity contribution is 0.0828. The number of benzene rings is 2. The fourth-order valence-corrected chi connectivity index (χ4v) is 5.94. The van der Waals surface area contributed by atoms with Crippen LogP contribution >= 0.6 is 0 Å². The Morgan fingerprint density at radius 1 is 1.13 bits per heavy atom. The first kappa shape index (κ1) is 26.6. The van der Waals surface area contributed by atoms with Crippen LogP contribution in [-0.4, -0.2) is 50.6 Å². The third-order valence-electron chi connectivity index (χ3n) is 8.03. The molecule has 39 heavy (non-hydrogen) atoms. The first-order valence-electron chi connectivity index (χ1n) is 13.6. The molecule has 0 saturated heterocycles. The Morgan fingerprint density at radius 3 is 2.51 bits per heavy atom. The van der Waals surface area contributed by atoms with Gasteiger partial charge in [-0.15, -0.1) is 0 Å². The van der Waals surface area contributed by atoms with Gasteiger partial charge in [-0.05, 0) is 55.4 Å². The Morgan fingerprint density at radius 2 is 1.85 bits per heavy atom. The number of hydrogen-bond donors (Lipinski definition) is 2. The van der Waals surface area contributed by atoms with Gasteiger partial charge in [0, 0.05) is 43.2 Å². The molecule has 0 unspecified atom stereocenters. The molecule has 0 aliphatic heterocycles. The van der Waals surface area contributed by atoms with Crippen molar-refractivity contribution in [2.45, 2.75) is 52.0 Å². The molecule has 204 valence electrons. The van der Waals surface area contributed by atoms with Gasteiger partial charge in [-0.25, -0.2) is 9.37 Å². The van der Waals surface area contributed by atoms with Crippen molar-refractivity contribution in [3.8, 4) is 11.1 Å². The molecule has 0 radical (unpaired) electrons. The summed E-state index contributed by atoms with van der Waals surface area (Å²) in [6, 6.07) is 10.5. The van der Waals surface area contributed by atoms with Crippen LogP contribution in [0, 0.1) is 17.7 Å². The maximum atomic E-state index is 16.1. The number of aromatic amines is 1. The van der Waals surface area contributed by atoms with E-state index in [0.717, 1.165) is 31.2 Å². The van der Waals surface area contributed by atoms with Crippen molar-refractivity contribution in [2.75, 3.05) is 14.1 Å². The van der Waals surface area contributed by atoms with E-state index in [-0.39, 0.29) is 23.3 Å². The highest BCUT2D eigenvalue weighted by Gasteiger charge is 2.35. The lowest BCUT2D eigenvalue weighted by Gasteiger charge is -2.31. The summed E-state index contributed by atoms with van der Waals surface area (Å²) in [6.07, 6.45) is 5.79. The number of carbonyl (C=O) groups is 2. The molecule has 1 saturated carbocycles. The molecule has 1 atom stereocenters. The second-order valence-corrected chi connectivity index (χ2v) is 10.8. The molecule has 8 nitrogen and oxygen atoms in total. The molecule has 0 spiro atoms. The highest BCUT2D eigenvalue weighted by Crippen LogP contribution is 2.43. The number of nitrogens with one attached hydrogen (secondary N) is 1. The molecule has 2 amide bonds. The molecule has 3 N–H and O–H groups in total. The molecular weight excluding hydrogens is 495 g/mol. The minimum absolute atomic E-state index is 0.201. The summed E-state index contributed by atoms with van der Waals surface area (Å²) >= 11 is 0. The van der Waals surface area contributed by atoms with Gasteiger partial charge < -0.3 is 15.6 Å². The molecule has 4 aromatic rings. The fourth-order valence-electron chi connectivity index (χ4n) is 5.94. The average Bonchev–Trinajstić information content (AvgIpc) is 3.55. The van der Waals surface area contributed by atoms with Gasteiger partial charge in [0.25, 0.3) is 11.8 Å². The fraction of sp³-hybridized carbons (Fsp3) is 0.400. The SMILES string of the molecule is CCn1ncc([C@@H](c2nc3c(F)c(-c4ccccc4C(=O)N(C)C)ccc3[nH]2)C2CCC(C)CC2)c1C(N)=O. The van der Waals surface area contributed by atoms with E-state index in [1.54, 1.807) is 61.4 Å². The highest BCUT2D eigenvalue weighted by molar-refractivity contribution is 6.01. The van der Waals surface area contributed by atoms with E-state index < -0.39 is 11.7 Å². The monoisotopic (exact) mass is 530 g/mol. The van der Waals surface area contributed by atoms with Crippen molar-refractivity contribution in [2.24, 2.45) is 17.6 Å². The van der Waals surface area contributed by atoms with Crippen LogP contribution in [0.4, 0.5) is 4.39 Å². The molecule has 5 rings (SSSR count). The average molecular weight is 531 g/mol. The largest absolute Gasteiger partial charge is 0.364 e. The van der Waals surface area contributed by atoms with Gasteiger partial charge >= 0.3 is 0 Å². The first-order chi connectivity index (χ1) is 18.7. The second kappa shape index (κ2) is 10.6. The zero-order valence-electron chi connectivity index (χ0n) is 22.9. The zero-order valence-corrected chi connectivity index (χ0v) is 22.9. The van der Waals surface area contributed by atoms with Gasteiger partial charge in [-0.2, -0.15) is 5.10 Å². The number of H-pyrrole nitrogens is 1. The number of rotatable bonds is 7. The number of aryl methyl sites for hydroxylation is 1. The summed E-state index contributed by atoms with van der Waals surface area (Å²) in [5.74, 6) is -0.0811. The van der Waals surface area contributed by atoms with E-state index in [4.69, 9.17) is 10.7 Å². The van der Waals surface area contributed by atoms with Crippen molar-refractivity contribution in [3.05, 3.63) is 71.1 Å². The van der Waals surface area contributed by atoms with Crippen molar-refractivity contribution in [3.63, 3.8) is 0 Å². The van der Waals surface area contributed by atoms with E-state index >= 15 is 4.39 Å². The number of aromatic nitrogens is 4. The minimum atomic E-state index is -0.537. The molecule has 2 aromatic heterocycles. The van der Waals surface area contributed by atoms with Crippen LogP contribution in [0.2, 0.25) is 0 Å². The number of hydrogen-bond acceptors (Lipinski definition) is 4. The van der Waals surface area contributed by atoms with Crippen molar-refractivity contribution >= 4 is 22.8 Å². The number of primary amides is 1. The zero-order chi connectivity index (χ0) is 27.8. The van der Waals surface area contributed by atoms with Gasteiger partial charge in [0.2, 0.25) is 0 Å². The predicted octanol–water partition coefficient (Wildman–Crippen LogP) is 5.34. The predicted molar refractivity (Wildman–Crippen MR) is 149 cm³/mol. The van der Waals surface area contributed by atoms with Crippen molar-refractivity contribution < 1.29 is 14.0 Å². The summed E-state index contributed by atoms with van der Waals surface area (Å²) in [6.45, 7) is 4.68. The van der Waals surface area contributed by atoms with Crippen molar-refractivity contribution in [1.29, 1.82) is 0 Å². The van der Waals surface area contributed by atoms with E-state index in [1.807, 2.05) is 6.92 Å². The normalized spacial score (nSPS) is 18.3. The molecule has 1 aliphatic carbocycles. The Bertz CT molecular complexity index is 1530. The van der Waals surface area contributed by atoms with Crippen LogP contribution in [0.3, 0.4) is 0 Å².